The van der Waals surface area contributed by atoms with E-state index >= 15 is 0 Å². The normalized spacial score (nSPS) is 12.8. The standard InChI is InChI=1S/C11H16N2O5S2/c1-18-10-4-3-8(20(12,16)17)7-9(10)11(14)13-5-6-19(2)15/h3-4,7H,5-6H2,1-2H3,(H,13,14)(H2,12,16,17). The molecule has 0 heterocycles. The van der Waals surface area contributed by atoms with E-state index in [1.165, 1.54) is 25.5 Å². The third-order valence-electron chi connectivity index (χ3n) is 2.42. The van der Waals surface area contributed by atoms with E-state index in [1.54, 1.807) is 0 Å². The Morgan fingerprint density at radius 1 is 1.45 bits per heavy atom. The van der Waals surface area contributed by atoms with Crippen LogP contribution >= 0.6 is 0 Å². The number of hydrogen-bond acceptors (Lipinski definition) is 5. The van der Waals surface area contributed by atoms with E-state index in [0.717, 1.165) is 6.07 Å². The van der Waals surface area contributed by atoms with Gasteiger partial charge in [-0.1, -0.05) is 0 Å². The molecule has 1 atom stereocenters. The summed E-state index contributed by atoms with van der Waals surface area (Å²) in [5.74, 6) is 0.0217. The van der Waals surface area contributed by atoms with E-state index in [4.69, 9.17) is 9.88 Å². The number of carbonyl (C=O) groups is 1. The summed E-state index contributed by atoms with van der Waals surface area (Å²) in [6.07, 6.45) is 1.52. The van der Waals surface area contributed by atoms with Crippen molar-refractivity contribution in [3.63, 3.8) is 0 Å². The van der Waals surface area contributed by atoms with Crippen LogP contribution in [0.1, 0.15) is 10.4 Å². The molecule has 0 aliphatic rings. The van der Waals surface area contributed by atoms with Crippen LogP contribution in [0.15, 0.2) is 23.1 Å². The Balaban J connectivity index is 3.02. The lowest BCUT2D eigenvalue weighted by molar-refractivity contribution is 0.0953. The van der Waals surface area contributed by atoms with Crippen LogP contribution in [0.2, 0.25) is 0 Å². The summed E-state index contributed by atoms with van der Waals surface area (Å²) in [5, 5.41) is 7.55. The van der Waals surface area contributed by atoms with Crippen molar-refractivity contribution >= 4 is 26.7 Å². The minimum Gasteiger partial charge on any atom is -0.496 e. The summed E-state index contributed by atoms with van der Waals surface area (Å²) in [5.41, 5.74) is 0.0564. The van der Waals surface area contributed by atoms with Crippen molar-refractivity contribution in [3.05, 3.63) is 23.8 Å². The summed E-state index contributed by atoms with van der Waals surface area (Å²) in [6.45, 7) is 0.213. The molecule has 0 bridgehead atoms. The van der Waals surface area contributed by atoms with E-state index in [9.17, 15) is 17.4 Å². The Labute approximate surface area is 120 Å². The summed E-state index contributed by atoms with van der Waals surface area (Å²) in [4.78, 5) is 11.8. The molecule has 0 spiro atoms. The van der Waals surface area contributed by atoms with Gasteiger partial charge in [-0.15, -0.1) is 0 Å². The van der Waals surface area contributed by atoms with E-state index in [0.29, 0.717) is 5.75 Å². The van der Waals surface area contributed by atoms with Crippen LogP contribution < -0.4 is 15.2 Å². The van der Waals surface area contributed by atoms with Gasteiger partial charge in [0.05, 0.1) is 17.6 Å². The second kappa shape index (κ2) is 6.82. The number of sulfonamides is 1. The highest BCUT2D eigenvalue weighted by atomic mass is 32.2. The fourth-order valence-corrected chi connectivity index (χ4v) is 2.37. The summed E-state index contributed by atoms with van der Waals surface area (Å²) in [7, 11) is -3.56. The summed E-state index contributed by atoms with van der Waals surface area (Å²) >= 11 is 0. The first kappa shape index (κ1) is 16.6. The first-order valence-corrected chi connectivity index (χ1v) is 8.82. The Hall–Kier alpha value is -1.45. The quantitative estimate of drug-likeness (QED) is 0.730. The van der Waals surface area contributed by atoms with Gasteiger partial charge >= 0.3 is 0 Å². The maximum atomic E-state index is 12.0. The van der Waals surface area contributed by atoms with Crippen LogP contribution in [-0.2, 0) is 20.8 Å². The number of nitrogens with one attached hydrogen (secondary N) is 1. The second-order valence-electron chi connectivity index (χ2n) is 3.94. The molecule has 1 aromatic carbocycles. The molecule has 0 radical (unpaired) electrons. The van der Waals surface area contributed by atoms with Crippen LogP contribution in [0.5, 0.6) is 5.75 Å². The average Bonchev–Trinajstić information content (AvgIpc) is 2.36. The molecule has 0 saturated heterocycles. The maximum absolute atomic E-state index is 12.0. The molecule has 0 saturated carbocycles. The van der Waals surface area contributed by atoms with Crippen molar-refractivity contribution in [1.29, 1.82) is 0 Å². The van der Waals surface area contributed by atoms with Crippen LogP contribution in [0.25, 0.3) is 0 Å². The van der Waals surface area contributed by atoms with Crippen molar-refractivity contribution in [1.82, 2.24) is 5.32 Å². The maximum Gasteiger partial charge on any atom is 0.255 e. The number of amides is 1. The van der Waals surface area contributed by atoms with Crippen LogP contribution in [0.3, 0.4) is 0 Å². The van der Waals surface area contributed by atoms with Gasteiger partial charge in [-0.2, -0.15) is 0 Å². The van der Waals surface area contributed by atoms with Gasteiger partial charge in [0, 0.05) is 29.4 Å². The van der Waals surface area contributed by atoms with Gasteiger partial charge in [0.15, 0.2) is 0 Å². The van der Waals surface area contributed by atoms with Crippen LogP contribution in [0.4, 0.5) is 0 Å². The number of nitrogens with two attached hydrogens (primary N) is 1. The Kier molecular flexibility index (Phi) is 5.66. The molecule has 0 aliphatic carbocycles. The van der Waals surface area contributed by atoms with Gasteiger partial charge < -0.3 is 10.1 Å². The summed E-state index contributed by atoms with van der Waals surface area (Å²) < 4.78 is 38.5. The zero-order valence-corrected chi connectivity index (χ0v) is 12.7. The molecule has 1 unspecified atom stereocenters. The van der Waals surface area contributed by atoms with E-state index in [-0.39, 0.29) is 22.8 Å². The van der Waals surface area contributed by atoms with Gasteiger partial charge in [0.1, 0.15) is 5.75 Å². The lowest BCUT2D eigenvalue weighted by atomic mass is 10.2. The molecule has 112 valence electrons. The monoisotopic (exact) mass is 320 g/mol. The number of primary sulfonamides is 1. The molecule has 3 N–H and O–H groups in total. The zero-order chi connectivity index (χ0) is 15.3. The fraction of sp³-hybridized carbons (Fsp3) is 0.364. The number of benzene rings is 1. The Bertz CT molecular complexity index is 628. The van der Waals surface area contributed by atoms with E-state index in [1.807, 2.05) is 0 Å². The van der Waals surface area contributed by atoms with Crippen LogP contribution in [0, 0.1) is 0 Å². The number of hydrogen-bond donors (Lipinski definition) is 2. The number of rotatable bonds is 6. The molecule has 20 heavy (non-hydrogen) atoms. The molecule has 7 nitrogen and oxygen atoms in total. The topological polar surface area (TPSA) is 116 Å². The van der Waals surface area contributed by atoms with Gasteiger partial charge in [0.25, 0.3) is 5.91 Å². The van der Waals surface area contributed by atoms with Gasteiger partial charge in [-0.3, -0.25) is 9.00 Å². The van der Waals surface area contributed by atoms with Crippen molar-refractivity contribution in [2.75, 3.05) is 25.7 Å². The molecule has 0 aromatic heterocycles. The predicted molar refractivity (Wildman–Crippen MR) is 75.6 cm³/mol. The second-order valence-corrected chi connectivity index (χ2v) is 7.06. The van der Waals surface area contributed by atoms with E-state index < -0.39 is 26.7 Å². The fourth-order valence-electron chi connectivity index (χ4n) is 1.45. The highest BCUT2D eigenvalue weighted by molar-refractivity contribution is 7.89. The third kappa shape index (κ3) is 4.58. The number of ether oxygens (including phenoxy) is 1. The third-order valence-corrected chi connectivity index (χ3v) is 4.11. The SMILES string of the molecule is COc1ccc(S(N)(=O)=O)cc1C(=O)NCCS(C)=O. The van der Waals surface area contributed by atoms with Crippen molar-refractivity contribution in [3.8, 4) is 5.75 Å². The highest BCUT2D eigenvalue weighted by Gasteiger charge is 2.17. The first-order valence-electron chi connectivity index (χ1n) is 5.54. The molecule has 1 aromatic rings. The largest absolute Gasteiger partial charge is 0.496 e. The molecule has 0 aliphatic heterocycles. The highest BCUT2D eigenvalue weighted by Crippen LogP contribution is 2.21. The first-order chi connectivity index (χ1) is 9.25. The van der Waals surface area contributed by atoms with Crippen LogP contribution in [-0.4, -0.2) is 44.2 Å². The lowest BCUT2D eigenvalue weighted by Crippen LogP contribution is -2.28. The molecule has 1 amide bonds. The van der Waals surface area contributed by atoms with Crippen molar-refractivity contribution in [2.45, 2.75) is 4.90 Å². The van der Waals surface area contributed by atoms with E-state index in [2.05, 4.69) is 5.32 Å². The minimum atomic E-state index is -3.90. The molecular weight excluding hydrogens is 304 g/mol. The number of methoxy groups -OCH3 is 1. The molecule has 9 heteroatoms. The van der Waals surface area contributed by atoms with Gasteiger partial charge in [-0.25, -0.2) is 13.6 Å². The Morgan fingerprint density at radius 2 is 2.10 bits per heavy atom. The summed E-state index contributed by atoms with van der Waals surface area (Å²) in [6, 6.07) is 3.76. The molecular formula is C11H16N2O5S2. The molecule has 1 rings (SSSR count). The van der Waals surface area contributed by atoms with Crippen molar-refractivity contribution < 1.29 is 22.2 Å². The zero-order valence-electron chi connectivity index (χ0n) is 11.1. The van der Waals surface area contributed by atoms with Gasteiger partial charge in [0.2, 0.25) is 10.0 Å². The predicted octanol–water partition coefficient (Wildman–Crippen LogP) is -0.549. The smallest absolute Gasteiger partial charge is 0.255 e. The average molecular weight is 320 g/mol. The van der Waals surface area contributed by atoms with Crippen molar-refractivity contribution in [2.24, 2.45) is 5.14 Å². The van der Waals surface area contributed by atoms with Gasteiger partial charge in [-0.05, 0) is 18.2 Å². The Morgan fingerprint density at radius 3 is 2.60 bits per heavy atom. The number of carbonyl (C=O) groups excluding carboxylic acids is 1. The molecule has 0 fully saturated rings. The lowest BCUT2D eigenvalue weighted by Gasteiger charge is -2.10. The minimum absolute atomic E-state index is 0.0564.